The van der Waals surface area contributed by atoms with Crippen LogP contribution in [0.1, 0.15) is 0 Å². The van der Waals surface area contributed by atoms with Gasteiger partial charge in [-0.05, 0) is 36.4 Å². The van der Waals surface area contributed by atoms with Crippen molar-refractivity contribution >= 4 is 27.3 Å². The first kappa shape index (κ1) is 12.0. The van der Waals surface area contributed by atoms with E-state index in [-0.39, 0.29) is 4.90 Å². The Hall–Kier alpha value is -1.52. The molecule has 0 amide bonds. The molecule has 17 heavy (non-hydrogen) atoms. The largest absolute Gasteiger partial charge is 0.280 e. The van der Waals surface area contributed by atoms with E-state index in [1.165, 1.54) is 12.1 Å². The van der Waals surface area contributed by atoms with Gasteiger partial charge in [-0.15, -0.1) is 0 Å². The normalized spacial score (nSPS) is 11.1. The van der Waals surface area contributed by atoms with Gasteiger partial charge >= 0.3 is 0 Å². The van der Waals surface area contributed by atoms with Crippen LogP contribution in [0.15, 0.2) is 59.5 Å². The lowest BCUT2D eigenvalue weighted by atomic mass is 10.3. The summed E-state index contributed by atoms with van der Waals surface area (Å²) in [5.41, 5.74) is 0.530. The monoisotopic (exact) mass is 267 g/mol. The Morgan fingerprint density at radius 3 is 2.06 bits per heavy atom. The molecule has 0 aromatic heterocycles. The molecule has 0 bridgehead atoms. The molecule has 0 fully saturated rings. The van der Waals surface area contributed by atoms with Gasteiger partial charge in [-0.3, -0.25) is 4.72 Å². The number of anilines is 1. The van der Waals surface area contributed by atoms with Gasteiger partial charge in [0.2, 0.25) is 0 Å². The molecule has 0 atom stereocenters. The molecular formula is C12H10ClNO2S. The zero-order valence-corrected chi connectivity index (χ0v) is 10.4. The van der Waals surface area contributed by atoms with Crippen molar-refractivity contribution in [2.75, 3.05) is 4.72 Å². The molecule has 0 spiro atoms. The third-order valence-corrected chi connectivity index (χ3v) is 3.80. The first-order valence-corrected chi connectivity index (χ1v) is 6.77. The Bertz CT molecular complexity index is 594. The Labute approximate surface area is 105 Å². The van der Waals surface area contributed by atoms with Crippen molar-refractivity contribution in [1.29, 1.82) is 0 Å². The fourth-order valence-corrected chi connectivity index (χ4v) is 2.52. The number of benzene rings is 2. The standard InChI is InChI=1S/C12H10ClNO2S/c13-10-6-8-12(9-7-10)17(15,16)14-11-4-2-1-3-5-11/h1-9,14H. The minimum absolute atomic E-state index is 0.186. The van der Waals surface area contributed by atoms with Crippen molar-refractivity contribution in [2.24, 2.45) is 0 Å². The van der Waals surface area contributed by atoms with Gasteiger partial charge in [0.25, 0.3) is 10.0 Å². The molecule has 0 heterocycles. The van der Waals surface area contributed by atoms with E-state index in [0.717, 1.165) is 0 Å². The van der Waals surface area contributed by atoms with Crippen LogP contribution in [0.25, 0.3) is 0 Å². The van der Waals surface area contributed by atoms with Crippen LogP contribution >= 0.6 is 11.6 Å². The molecular weight excluding hydrogens is 258 g/mol. The van der Waals surface area contributed by atoms with Crippen molar-refractivity contribution in [3.8, 4) is 0 Å². The SMILES string of the molecule is O=S(=O)(Nc1ccccc1)c1ccc(Cl)cc1. The van der Waals surface area contributed by atoms with Gasteiger partial charge in [0.15, 0.2) is 0 Å². The van der Waals surface area contributed by atoms with Gasteiger partial charge < -0.3 is 0 Å². The highest BCUT2D eigenvalue weighted by molar-refractivity contribution is 7.92. The van der Waals surface area contributed by atoms with Crippen molar-refractivity contribution in [3.05, 3.63) is 59.6 Å². The molecule has 0 saturated carbocycles. The van der Waals surface area contributed by atoms with Crippen LogP contribution < -0.4 is 4.72 Å². The van der Waals surface area contributed by atoms with E-state index < -0.39 is 10.0 Å². The Kier molecular flexibility index (Phi) is 3.36. The highest BCUT2D eigenvalue weighted by Crippen LogP contribution is 2.17. The summed E-state index contributed by atoms with van der Waals surface area (Å²) in [7, 11) is -3.54. The molecule has 2 aromatic rings. The van der Waals surface area contributed by atoms with Crippen molar-refractivity contribution < 1.29 is 8.42 Å². The third-order valence-electron chi connectivity index (χ3n) is 2.15. The number of sulfonamides is 1. The molecule has 5 heteroatoms. The van der Waals surface area contributed by atoms with Crippen LogP contribution in [0.4, 0.5) is 5.69 Å². The zero-order chi connectivity index (χ0) is 12.3. The molecule has 0 radical (unpaired) electrons. The maximum Gasteiger partial charge on any atom is 0.261 e. The first-order valence-electron chi connectivity index (χ1n) is 4.91. The van der Waals surface area contributed by atoms with Gasteiger partial charge in [-0.25, -0.2) is 8.42 Å². The van der Waals surface area contributed by atoms with E-state index in [1.807, 2.05) is 6.07 Å². The minimum atomic E-state index is -3.54. The number of hydrogen-bond acceptors (Lipinski definition) is 2. The molecule has 2 aromatic carbocycles. The highest BCUT2D eigenvalue weighted by atomic mass is 35.5. The minimum Gasteiger partial charge on any atom is -0.280 e. The van der Waals surface area contributed by atoms with Crippen molar-refractivity contribution in [1.82, 2.24) is 0 Å². The van der Waals surface area contributed by atoms with Gasteiger partial charge in [0.05, 0.1) is 4.90 Å². The fourth-order valence-electron chi connectivity index (χ4n) is 1.33. The Balaban J connectivity index is 2.29. The summed E-state index contributed by atoms with van der Waals surface area (Å²) in [5, 5.41) is 0.503. The maximum atomic E-state index is 12.0. The van der Waals surface area contributed by atoms with Gasteiger partial charge in [0.1, 0.15) is 0 Å². The average molecular weight is 268 g/mol. The van der Waals surface area contributed by atoms with E-state index in [0.29, 0.717) is 10.7 Å². The van der Waals surface area contributed by atoms with E-state index in [9.17, 15) is 8.42 Å². The predicted octanol–water partition coefficient (Wildman–Crippen LogP) is 3.14. The summed E-state index contributed by atoms with van der Waals surface area (Å²) in [6.45, 7) is 0. The summed E-state index contributed by atoms with van der Waals surface area (Å²) < 4.78 is 26.4. The smallest absolute Gasteiger partial charge is 0.261 e. The van der Waals surface area contributed by atoms with E-state index in [2.05, 4.69) is 4.72 Å². The van der Waals surface area contributed by atoms with Gasteiger partial charge in [-0.1, -0.05) is 29.8 Å². The van der Waals surface area contributed by atoms with Crippen molar-refractivity contribution in [2.45, 2.75) is 4.90 Å². The number of halogens is 1. The second-order valence-electron chi connectivity index (χ2n) is 3.43. The van der Waals surface area contributed by atoms with Crippen LogP contribution in [0.3, 0.4) is 0 Å². The van der Waals surface area contributed by atoms with Crippen LogP contribution in [0.2, 0.25) is 5.02 Å². The lowest BCUT2D eigenvalue weighted by molar-refractivity contribution is 0.601. The number of para-hydroxylation sites is 1. The summed E-state index contributed by atoms with van der Waals surface area (Å²) >= 11 is 5.71. The summed E-state index contributed by atoms with van der Waals surface area (Å²) in [6.07, 6.45) is 0. The summed E-state index contributed by atoms with van der Waals surface area (Å²) in [6, 6.07) is 14.7. The van der Waals surface area contributed by atoms with Gasteiger partial charge in [-0.2, -0.15) is 0 Å². The molecule has 1 N–H and O–H groups in total. The number of hydrogen-bond donors (Lipinski definition) is 1. The van der Waals surface area contributed by atoms with E-state index in [4.69, 9.17) is 11.6 Å². The predicted molar refractivity (Wildman–Crippen MR) is 68.7 cm³/mol. The second-order valence-corrected chi connectivity index (χ2v) is 5.54. The summed E-state index contributed by atoms with van der Waals surface area (Å²) in [5.74, 6) is 0. The lowest BCUT2D eigenvalue weighted by Crippen LogP contribution is -2.12. The molecule has 3 nitrogen and oxygen atoms in total. The first-order chi connectivity index (χ1) is 8.08. The molecule has 0 aliphatic heterocycles. The average Bonchev–Trinajstić information content (AvgIpc) is 2.30. The van der Waals surface area contributed by atoms with Crippen LogP contribution in [-0.2, 0) is 10.0 Å². The number of rotatable bonds is 3. The molecule has 88 valence electrons. The third kappa shape index (κ3) is 2.99. The second kappa shape index (κ2) is 4.77. The Morgan fingerprint density at radius 1 is 0.882 bits per heavy atom. The maximum absolute atomic E-state index is 12.0. The van der Waals surface area contributed by atoms with Crippen molar-refractivity contribution in [3.63, 3.8) is 0 Å². The van der Waals surface area contributed by atoms with Crippen LogP contribution in [0.5, 0.6) is 0 Å². The van der Waals surface area contributed by atoms with Gasteiger partial charge in [0, 0.05) is 10.7 Å². The molecule has 0 aliphatic carbocycles. The quantitative estimate of drug-likeness (QED) is 0.929. The van der Waals surface area contributed by atoms with E-state index in [1.54, 1.807) is 36.4 Å². The lowest BCUT2D eigenvalue weighted by Gasteiger charge is -2.07. The van der Waals surface area contributed by atoms with Crippen LogP contribution in [0, 0.1) is 0 Å². The fraction of sp³-hybridized carbons (Fsp3) is 0. The Morgan fingerprint density at radius 2 is 1.47 bits per heavy atom. The summed E-state index contributed by atoms with van der Waals surface area (Å²) in [4.78, 5) is 0.186. The van der Waals surface area contributed by atoms with E-state index >= 15 is 0 Å². The molecule has 2 rings (SSSR count). The highest BCUT2D eigenvalue weighted by Gasteiger charge is 2.13. The molecule has 0 unspecified atom stereocenters. The number of nitrogens with one attached hydrogen (secondary N) is 1. The topological polar surface area (TPSA) is 46.2 Å². The molecule has 0 saturated heterocycles. The molecule has 0 aliphatic rings. The van der Waals surface area contributed by atoms with Crippen LogP contribution in [-0.4, -0.2) is 8.42 Å². The zero-order valence-electron chi connectivity index (χ0n) is 8.80.